The minimum absolute atomic E-state index is 0.660. The zero-order valence-corrected chi connectivity index (χ0v) is 10.4. The van der Waals surface area contributed by atoms with Crippen LogP contribution in [0.3, 0.4) is 0 Å². The first-order chi connectivity index (χ1) is 7.79. The van der Waals surface area contributed by atoms with Gasteiger partial charge in [0.05, 0.1) is 24.7 Å². The van der Waals surface area contributed by atoms with E-state index in [1.54, 1.807) is 12.4 Å². The van der Waals surface area contributed by atoms with E-state index < -0.39 is 0 Å². The smallest absolute Gasteiger partial charge is 0.125 e. The Kier molecular flexibility index (Phi) is 3.51. The molecule has 82 valence electrons. The summed E-state index contributed by atoms with van der Waals surface area (Å²) in [5.74, 6) is 0.849. The van der Waals surface area contributed by atoms with Crippen LogP contribution in [-0.4, -0.2) is 16.6 Å². The molecule has 2 aromatic rings. The Morgan fingerprint density at radius 3 is 2.94 bits per heavy atom. The molecule has 0 saturated carbocycles. The molecule has 0 radical (unpaired) electrons. The van der Waals surface area contributed by atoms with Crippen molar-refractivity contribution < 1.29 is 4.74 Å². The summed E-state index contributed by atoms with van der Waals surface area (Å²) in [6.07, 6.45) is 3.39. The molecule has 0 amide bonds. The average Bonchev–Trinajstić information content (AvgIpc) is 2.30. The molecule has 16 heavy (non-hydrogen) atoms. The van der Waals surface area contributed by atoms with Gasteiger partial charge in [0.15, 0.2) is 0 Å². The van der Waals surface area contributed by atoms with E-state index in [4.69, 9.17) is 4.74 Å². The van der Waals surface area contributed by atoms with Crippen LogP contribution in [0, 0.1) is 0 Å². The van der Waals surface area contributed by atoms with Crippen LogP contribution in [0.2, 0.25) is 0 Å². The number of benzene rings is 1. The van der Waals surface area contributed by atoms with E-state index in [2.05, 4.69) is 25.9 Å². The first-order valence-electron chi connectivity index (χ1n) is 5.00. The molecule has 0 aliphatic heterocycles. The van der Waals surface area contributed by atoms with Crippen molar-refractivity contribution in [3.05, 3.63) is 41.3 Å². The Labute approximate surface area is 103 Å². The third-order valence-corrected chi connectivity index (χ3v) is 2.43. The number of hydrogen-bond acceptors (Lipinski definition) is 3. The molecule has 1 aromatic heterocycles. The minimum Gasteiger partial charge on any atom is -0.494 e. The summed E-state index contributed by atoms with van der Waals surface area (Å²) in [6, 6.07) is 7.82. The number of hydrogen-bond donors (Lipinski definition) is 0. The van der Waals surface area contributed by atoms with Crippen LogP contribution >= 0.6 is 15.9 Å². The number of nitrogens with zero attached hydrogens (tertiary/aromatic N) is 2. The van der Waals surface area contributed by atoms with Gasteiger partial charge in [-0.3, -0.25) is 4.98 Å². The van der Waals surface area contributed by atoms with Gasteiger partial charge in [0.25, 0.3) is 0 Å². The topological polar surface area (TPSA) is 35.0 Å². The summed E-state index contributed by atoms with van der Waals surface area (Å²) in [5.41, 5.74) is 1.83. The maximum Gasteiger partial charge on any atom is 0.125 e. The molecule has 0 N–H and O–H groups in total. The first-order valence-corrected chi connectivity index (χ1v) is 5.79. The van der Waals surface area contributed by atoms with Gasteiger partial charge in [0.1, 0.15) is 10.4 Å². The van der Waals surface area contributed by atoms with Crippen molar-refractivity contribution in [3.63, 3.8) is 0 Å². The third kappa shape index (κ3) is 2.58. The molecule has 0 aliphatic rings. The maximum atomic E-state index is 5.44. The second-order valence-electron chi connectivity index (χ2n) is 3.19. The number of halogens is 1. The highest BCUT2D eigenvalue weighted by Gasteiger charge is 2.02. The standard InChI is InChI=1S/C12H11BrN2O/c1-2-16-10-5-3-4-9(6-10)11-7-14-8-12(13)15-11/h3-8H,2H2,1H3. The van der Waals surface area contributed by atoms with Crippen molar-refractivity contribution >= 4 is 15.9 Å². The highest BCUT2D eigenvalue weighted by Crippen LogP contribution is 2.22. The fourth-order valence-electron chi connectivity index (χ4n) is 1.39. The minimum atomic E-state index is 0.660. The van der Waals surface area contributed by atoms with Crippen LogP contribution in [0.4, 0.5) is 0 Å². The summed E-state index contributed by atoms with van der Waals surface area (Å²) in [6.45, 7) is 2.62. The molecule has 0 spiro atoms. The van der Waals surface area contributed by atoms with Gasteiger partial charge in [0.2, 0.25) is 0 Å². The lowest BCUT2D eigenvalue weighted by Gasteiger charge is -2.05. The Morgan fingerprint density at radius 1 is 1.31 bits per heavy atom. The van der Waals surface area contributed by atoms with Gasteiger partial charge in [-0.2, -0.15) is 0 Å². The van der Waals surface area contributed by atoms with Gasteiger partial charge >= 0.3 is 0 Å². The van der Waals surface area contributed by atoms with Gasteiger partial charge in [-0.1, -0.05) is 12.1 Å². The Hall–Kier alpha value is -1.42. The van der Waals surface area contributed by atoms with Gasteiger partial charge in [-0.25, -0.2) is 4.98 Å². The molecule has 4 heteroatoms. The quantitative estimate of drug-likeness (QED) is 0.864. The van der Waals surface area contributed by atoms with Gasteiger partial charge in [0, 0.05) is 5.56 Å². The normalized spacial score (nSPS) is 10.1. The Balaban J connectivity index is 2.36. The molecule has 0 atom stereocenters. The van der Waals surface area contributed by atoms with E-state index in [1.807, 2.05) is 31.2 Å². The van der Waals surface area contributed by atoms with E-state index in [0.717, 1.165) is 21.6 Å². The van der Waals surface area contributed by atoms with Crippen LogP contribution in [0.5, 0.6) is 5.75 Å². The maximum absolute atomic E-state index is 5.44. The number of ether oxygens (including phenoxy) is 1. The zero-order valence-electron chi connectivity index (χ0n) is 8.85. The van der Waals surface area contributed by atoms with E-state index in [1.165, 1.54) is 0 Å². The fourth-order valence-corrected chi connectivity index (χ4v) is 1.70. The van der Waals surface area contributed by atoms with Crippen molar-refractivity contribution in [3.8, 4) is 17.0 Å². The van der Waals surface area contributed by atoms with Gasteiger partial charge in [-0.05, 0) is 35.0 Å². The van der Waals surface area contributed by atoms with E-state index in [0.29, 0.717) is 6.61 Å². The van der Waals surface area contributed by atoms with Crippen LogP contribution < -0.4 is 4.74 Å². The summed E-state index contributed by atoms with van der Waals surface area (Å²) < 4.78 is 6.17. The van der Waals surface area contributed by atoms with Crippen molar-refractivity contribution in [2.75, 3.05) is 6.61 Å². The van der Waals surface area contributed by atoms with Crippen LogP contribution in [0.25, 0.3) is 11.3 Å². The van der Waals surface area contributed by atoms with E-state index in [9.17, 15) is 0 Å². The first kappa shape index (κ1) is 11.1. The molecule has 0 aliphatic carbocycles. The third-order valence-electron chi connectivity index (χ3n) is 2.05. The second-order valence-corrected chi connectivity index (χ2v) is 4.00. The molecular formula is C12H11BrN2O. The molecule has 0 bridgehead atoms. The van der Waals surface area contributed by atoms with Crippen molar-refractivity contribution in [1.29, 1.82) is 0 Å². The van der Waals surface area contributed by atoms with Gasteiger partial charge < -0.3 is 4.74 Å². The Morgan fingerprint density at radius 2 is 2.19 bits per heavy atom. The van der Waals surface area contributed by atoms with Crippen LogP contribution in [0.1, 0.15) is 6.92 Å². The monoisotopic (exact) mass is 278 g/mol. The van der Waals surface area contributed by atoms with Crippen LogP contribution in [0.15, 0.2) is 41.3 Å². The predicted octanol–water partition coefficient (Wildman–Crippen LogP) is 3.30. The Bertz CT molecular complexity index is 488. The fraction of sp³-hybridized carbons (Fsp3) is 0.167. The van der Waals surface area contributed by atoms with Gasteiger partial charge in [-0.15, -0.1) is 0 Å². The zero-order chi connectivity index (χ0) is 11.4. The lowest BCUT2D eigenvalue weighted by Crippen LogP contribution is -1.92. The SMILES string of the molecule is CCOc1cccc(-c2cncc(Br)n2)c1. The molecule has 0 saturated heterocycles. The van der Waals surface area contributed by atoms with Crippen molar-refractivity contribution in [2.24, 2.45) is 0 Å². The predicted molar refractivity (Wildman–Crippen MR) is 66.3 cm³/mol. The summed E-state index contributed by atoms with van der Waals surface area (Å²) >= 11 is 3.30. The average molecular weight is 279 g/mol. The highest BCUT2D eigenvalue weighted by atomic mass is 79.9. The molecular weight excluding hydrogens is 268 g/mol. The summed E-state index contributed by atoms with van der Waals surface area (Å²) in [7, 11) is 0. The molecule has 1 aromatic carbocycles. The molecule has 1 heterocycles. The van der Waals surface area contributed by atoms with Crippen LogP contribution in [-0.2, 0) is 0 Å². The van der Waals surface area contributed by atoms with E-state index in [-0.39, 0.29) is 0 Å². The number of rotatable bonds is 3. The molecule has 3 nitrogen and oxygen atoms in total. The second kappa shape index (κ2) is 5.07. The molecule has 0 unspecified atom stereocenters. The van der Waals surface area contributed by atoms with Crippen molar-refractivity contribution in [2.45, 2.75) is 6.92 Å². The number of aromatic nitrogens is 2. The lowest BCUT2D eigenvalue weighted by molar-refractivity contribution is 0.340. The largest absolute Gasteiger partial charge is 0.494 e. The molecule has 2 rings (SSSR count). The summed E-state index contributed by atoms with van der Waals surface area (Å²) in [5, 5.41) is 0. The highest BCUT2D eigenvalue weighted by molar-refractivity contribution is 9.10. The lowest BCUT2D eigenvalue weighted by atomic mass is 10.1. The summed E-state index contributed by atoms with van der Waals surface area (Å²) in [4.78, 5) is 8.43. The van der Waals surface area contributed by atoms with E-state index >= 15 is 0 Å². The van der Waals surface area contributed by atoms with Crippen molar-refractivity contribution in [1.82, 2.24) is 9.97 Å². The molecule has 0 fully saturated rings.